The zero-order valence-electron chi connectivity index (χ0n) is 14.2. The van der Waals surface area contributed by atoms with Crippen LogP contribution in [0.5, 0.6) is 0 Å². The van der Waals surface area contributed by atoms with E-state index >= 15 is 0 Å². The fourth-order valence-electron chi connectivity index (χ4n) is 3.63. The van der Waals surface area contributed by atoms with Gasteiger partial charge in [0.05, 0.1) is 23.6 Å². The first-order valence-electron chi connectivity index (χ1n) is 8.70. The molecular formula is C17H18F3N5O2. The van der Waals surface area contributed by atoms with Gasteiger partial charge in [-0.3, -0.25) is 5.32 Å². The maximum Gasteiger partial charge on any atom is 0.418 e. The molecule has 1 aliphatic carbocycles. The number of carbonyl (C=O) groups excluding carboxylic acids is 1. The van der Waals surface area contributed by atoms with E-state index in [1.54, 1.807) is 0 Å². The Morgan fingerprint density at radius 2 is 2.11 bits per heavy atom. The highest BCUT2D eigenvalue weighted by atomic mass is 19.4. The summed E-state index contributed by atoms with van der Waals surface area (Å²) in [6, 6.07) is 4.62. The number of anilines is 1. The van der Waals surface area contributed by atoms with Crippen molar-refractivity contribution < 1.29 is 22.7 Å². The number of hydrogen-bond acceptors (Lipinski definition) is 4. The molecule has 0 radical (unpaired) electrons. The molecule has 27 heavy (non-hydrogen) atoms. The second kappa shape index (κ2) is 6.84. The highest BCUT2D eigenvalue weighted by Crippen LogP contribution is 2.37. The fraction of sp³-hybridized carbons (Fsp3) is 0.471. The van der Waals surface area contributed by atoms with Crippen LogP contribution in [-0.4, -0.2) is 39.8 Å². The van der Waals surface area contributed by atoms with Crippen LogP contribution in [0.1, 0.15) is 24.8 Å². The third-order valence-corrected chi connectivity index (χ3v) is 5.00. The molecule has 2 amide bonds. The molecule has 10 heteroatoms. The van der Waals surface area contributed by atoms with Crippen molar-refractivity contribution in [3.05, 3.63) is 36.0 Å². The molecular weight excluding hydrogens is 363 g/mol. The van der Waals surface area contributed by atoms with Crippen molar-refractivity contribution in [1.29, 1.82) is 0 Å². The van der Waals surface area contributed by atoms with Crippen LogP contribution >= 0.6 is 0 Å². The van der Waals surface area contributed by atoms with Crippen LogP contribution in [0.3, 0.4) is 0 Å². The van der Waals surface area contributed by atoms with Gasteiger partial charge in [0.1, 0.15) is 0 Å². The number of urea groups is 1. The number of rotatable bonds is 3. The molecule has 1 aromatic carbocycles. The van der Waals surface area contributed by atoms with Crippen LogP contribution in [-0.2, 0) is 10.9 Å². The summed E-state index contributed by atoms with van der Waals surface area (Å²) in [6.45, 7) is 0.766. The summed E-state index contributed by atoms with van der Waals surface area (Å²) in [6.07, 6.45) is -0.297. The molecule has 1 saturated carbocycles. The van der Waals surface area contributed by atoms with Crippen LogP contribution in [0, 0.1) is 5.92 Å². The first-order chi connectivity index (χ1) is 12.9. The topological polar surface area (TPSA) is 81.1 Å². The molecule has 7 nitrogen and oxygen atoms in total. The first kappa shape index (κ1) is 17.8. The predicted octanol–water partition coefficient (Wildman–Crippen LogP) is 2.98. The molecule has 2 aromatic rings. The Bertz CT molecular complexity index is 838. The quantitative estimate of drug-likeness (QED) is 0.857. The molecule has 2 N–H and O–H groups in total. The summed E-state index contributed by atoms with van der Waals surface area (Å²) >= 11 is 0. The number of carbonyl (C=O) groups is 1. The Morgan fingerprint density at radius 3 is 2.89 bits per heavy atom. The Hall–Kier alpha value is -2.62. The largest absolute Gasteiger partial charge is 0.418 e. The van der Waals surface area contributed by atoms with Crippen LogP contribution in [0.25, 0.3) is 5.69 Å². The maximum atomic E-state index is 13.1. The SMILES string of the molecule is O=C(Nc1cn(-c2ccccc2C(F)(F)F)nn1)N[C@@H]1C[C@@H]2OCCC[C@@H]21. The summed E-state index contributed by atoms with van der Waals surface area (Å²) in [4.78, 5) is 12.1. The lowest BCUT2D eigenvalue weighted by Crippen LogP contribution is -2.58. The van der Waals surface area contributed by atoms with E-state index in [-0.39, 0.29) is 23.7 Å². The van der Waals surface area contributed by atoms with Crippen molar-refractivity contribution in [2.45, 2.75) is 37.6 Å². The molecule has 1 aromatic heterocycles. The van der Waals surface area contributed by atoms with Gasteiger partial charge in [-0.15, -0.1) is 5.10 Å². The lowest BCUT2D eigenvalue weighted by atomic mass is 9.72. The Balaban J connectivity index is 1.41. The van der Waals surface area contributed by atoms with Crippen LogP contribution in [0.4, 0.5) is 23.8 Å². The number of amides is 2. The predicted molar refractivity (Wildman–Crippen MR) is 89.4 cm³/mol. The normalized spacial score (nSPS) is 24.6. The minimum Gasteiger partial charge on any atom is -0.378 e. The molecule has 3 atom stereocenters. The summed E-state index contributed by atoms with van der Waals surface area (Å²) in [7, 11) is 0. The minimum atomic E-state index is -4.52. The molecule has 2 heterocycles. The highest BCUT2D eigenvalue weighted by Gasteiger charge is 2.44. The van der Waals surface area contributed by atoms with Gasteiger partial charge in [0.2, 0.25) is 0 Å². The van der Waals surface area contributed by atoms with E-state index in [1.807, 2.05) is 0 Å². The van der Waals surface area contributed by atoms with Gasteiger partial charge >= 0.3 is 12.2 Å². The van der Waals surface area contributed by atoms with Gasteiger partial charge in [0.25, 0.3) is 0 Å². The van der Waals surface area contributed by atoms with Crippen LogP contribution < -0.4 is 10.6 Å². The Morgan fingerprint density at radius 1 is 1.30 bits per heavy atom. The minimum absolute atomic E-state index is 0.0382. The Kier molecular flexibility index (Phi) is 4.50. The molecule has 4 rings (SSSR count). The van der Waals surface area contributed by atoms with Crippen LogP contribution in [0.15, 0.2) is 30.5 Å². The van der Waals surface area contributed by atoms with E-state index in [0.717, 1.165) is 36.6 Å². The molecule has 144 valence electrons. The van der Waals surface area contributed by atoms with Gasteiger partial charge in [0.15, 0.2) is 5.82 Å². The molecule has 2 fully saturated rings. The maximum absolute atomic E-state index is 13.1. The average molecular weight is 381 g/mol. The number of halogens is 3. The molecule has 0 unspecified atom stereocenters. The highest BCUT2D eigenvalue weighted by molar-refractivity contribution is 5.88. The smallest absolute Gasteiger partial charge is 0.378 e. The van der Waals surface area contributed by atoms with Crippen molar-refractivity contribution in [2.75, 3.05) is 11.9 Å². The molecule has 2 aliphatic rings. The first-order valence-corrected chi connectivity index (χ1v) is 8.70. The standard InChI is InChI=1S/C17H18F3N5O2/c18-17(19,20)11-5-1-2-6-13(11)25-9-15(23-24-25)22-16(26)21-12-8-14-10(12)4-3-7-27-14/h1-2,5-6,9-10,12,14H,3-4,7-8H2,(H2,21,22,26)/t10-,12-,14+/m1/s1. The second-order valence-electron chi connectivity index (χ2n) is 6.72. The average Bonchev–Trinajstić information content (AvgIpc) is 3.07. The fourth-order valence-corrected chi connectivity index (χ4v) is 3.63. The third kappa shape index (κ3) is 3.61. The van der Waals surface area contributed by atoms with Crippen molar-refractivity contribution in [3.8, 4) is 5.69 Å². The number of fused-ring (bicyclic) bond motifs is 1. The molecule has 1 saturated heterocycles. The number of alkyl halides is 3. The van der Waals surface area contributed by atoms with Gasteiger partial charge in [-0.05, 0) is 31.4 Å². The van der Waals surface area contributed by atoms with Gasteiger partial charge in [0, 0.05) is 18.6 Å². The zero-order valence-corrected chi connectivity index (χ0v) is 14.2. The van der Waals surface area contributed by atoms with Crippen molar-refractivity contribution in [3.63, 3.8) is 0 Å². The number of benzene rings is 1. The number of hydrogen-bond donors (Lipinski definition) is 2. The number of nitrogens with zero attached hydrogens (tertiary/aromatic N) is 3. The number of ether oxygens (including phenoxy) is 1. The lowest BCUT2D eigenvalue weighted by Gasteiger charge is -2.47. The summed E-state index contributed by atoms with van der Waals surface area (Å²) < 4.78 is 46.0. The summed E-state index contributed by atoms with van der Waals surface area (Å²) in [5.41, 5.74) is -0.990. The monoisotopic (exact) mass is 381 g/mol. The van der Waals surface area contributed by atoms with Gasteiger partial charge in [-0.1, -0.05) is 17.3 Å². The second-order valence-corrected chi connectivity index (χ2v) is 6.72. The van der Waals surface area contributed by atoms with E-state index < -0.39 is 17.8 Å². The number of nitrogens with one attached hydrogen (secondary N) is 2. The number of para-hydroxylation sites is 1. The zero-order chi connectivity index (χ0) is 19.0. The third-order valence-electron chi connectivity index (χ3n) is 5.00. The van der Waals surface area contributed by atoms with Gasteiger partial charge in [-0.25, -0.2) is 9.48 Å². The summed E-state index contributed by atoms with van der Waals surface area (Å²) in [5, 5.41) is 12.8. The van der Waals surface area contributed by atoms with Crippen molar-refractivity contribution in [1.82, 2.24) is 20.3 Å². The summed E-state index contributed by atoms with van der Waals surface area (Å²) in [5.74, 6) is 0.388. The molecule has 1 aliphatic heterocycles. The van der Waals surface area contributed by atoms with Crippen molar-refractivity contribution in [2.24, 2.45) is 5.92 Å². The van der Waals surface area contributed by atoms with Crippen molar-refractivity contribution >= 4 is 11.8 Å². The lowest BCUT2D eigenvalue weighted by molar-refractivity contribution is -0.137. The van der Waals surface area contributed by atoms with E-state index in [2.05, 4.69) is 20.9 Å². The van der Waals surface area contributed by atoms with E-state index in [1.165, 1.54) is 24.4 Å². The van der Waals surface area contributed by atoms with Crippen LogP contribution in [0.2, 0.25) is 0 Å². The van der Waals surface area contributed by atoms with E-state index in [9.17, 15) is 18.0 Å². The number of aromatic nitrogens is 3. The Labute approximate surface area is 152 Å². The van der Waals surface area contributed by atoms with Gasteiger partial charge < -0.3 is 10.1 Å². The van der Waals surface area contributed by atoms with E-state index in [4.69, 9.17) is 4.74 Å². The molecule has 0 bridgehead atoms. The van der Waals surface area contributed by atoms with E-state index in [0.29, 0.717) is 5.92 Å². The molecule has 0 spiro atoms. The van der Waals surface area contributed by atoms with Gasteiger partial charge in [-0.2, -0.15) is 13.2 Å².